The van der Waals surface area contributed by atoms with Crippen molar-refractivity contribution in [1.29, 1.82) is 0 Å². The Balaban J connectivity index is 1.98. The van der Waals surface area contributed by atoms with E-state index in [9.17, 15) is 18.0 Å². The molecule has 1 fully saturated rings. The molecule has 0 radical (unpaired) electrons. The number of aryl methyl sites for hydroxylation is 2. The van der Waals surface area contributed by atoms with Crippen molar-refractivity contribution in [2.24, 2.45) is 5.92 Å². The molecule has 1 aromatic rings. The summed E-state index contributed by atoms with van der Waals surface area (Å²) >= 11 is 0. The first kappa shape index (κ1) is 17.8. The molecule has 23 heavy (non-hydrogen) atoms. The van der Waals surface area contributed by atoms with E-state index in [1.807, 2.05) is 20.8 Å². The summed E-state index contributed by atoms with van der Waals surface area (Å²) in [6, 6.07) is -0.796. The monoisotopic (exact) mass is 331 g/mol. The Morgan fingerprint density at radius 3 is 2.57 bits per heavy atom. The molecule has 0 aliphatic heterocycles. The third-order valence-electron chi connectivity index (χ3n) is 4.70. The molecule has 1 aromatic heterocycles. The maximum Gasteiger partial charge on any atom is 0.393 e. The number of carbonyl (C=O) groups excluding carboxylic acids is 1. The van der Waals surface area contributed by atoms with Crippen LogP contribution in [-0.4, -0.2) is 28.3 Å². The minimum absolute atomic E-state index is 0.0818. The van der Waals surface area contributed by atoms with Gasteiger partial charge in [-0.2, -0.15) is 18.3 Å². The van der Waals surface area contributed by atoms with Crippen LogP contribution < -0.4 is 5.32 Å². The van der Waals surface area contributed by atoms with Gasteiger partial charge in [0.1, 0.15) is 0 Å². The molecule has 4 nitrogen and oxygen atoms in total. The molecule has 2 N–H and O–H groups in total. The van der Waals surface area contributed by atoms with Crippen LogP contribution in [0.1, 0.15) is 61.9 Å². The van der Waals surface area contributed by atoms with Crippen molar-refractivity contribution in [2.45, 2.75) is 71.0 Å². The third kappa shape index (κ3) is 4.26. The first-order valence-corrected chi connectivity index (χ1v) is 8.07. The quantitative estimate of drug-likeness (QED) is 0.882. The zero-order chi connectivity index (χ0) is 17.2. The van der Waals surface area contributed by atoms with E-state index in [-0.39, 0.29) is 24.7 Å². The Labute approximate surface area is 134 Å². The number of nitrogens with zero attached hydrogens (tertiary/aromatic N) is 1. The van der Waals surface area contributed by atoms with Crippen molar-refractivity contribution in [1.82, 2.24) is 15.5 Å². The lowest BCUT2D eigenvalue weighted by atomic mass is 9.83. The molecule has 7 heteroatoms. The van der Waals surface area contributed by atoms with Crippen LogP contribution in [-0.2, 0) is 4.79 Å². The molecule has 0 unspecified atom stereocenters. The van der Waals surface area contributed by atoms with E-state index >= 15 is 0 Å². The van der Waals surface area contributed by atoms with Crippen LogP contribution in [0.3, 0.4) is 0 Å². The van der Waals surface area contributed by atoms with Gasteiger partial charge in [0.2, 0.25) is 5.91 Å². The lowest BCUT2D eigenvalue weighted by Gasteiger charge is -2.33. The van der Waals surface area contributed by atoms with Gasteiger partial charge >= 0.3 is 6.18 Å². The smallest absolute Gasteiger partial charge is 0.353 e. The van der Waals surface area contributed by atoms with Gasteiger partial charge in [-0.05, 0) is 38.2 Å². The van der Waals surface area contributed by atoms with Crippen LogP contribution in [0, 0.1) is 19.8 Å². The van der Waals surface area contributed by atoms with Crippen LogP contribution >= 0.6 is 0 Å². The maximum absolute atomic E-state index is 13.1. The van der Waals surface area contributed by atoms with Crippen molar-refractivity contribution in [3.63, 3.8) is 0 Å². The fourth-order valence-electron chi connectivity index (χ4n) is 3.63. The van der Waals surface area contributed by atoms with E-state index < -0.39 is 18.1 Å². The summed E-state index contributed by atoms with van der Waals surface area (Å²) in [7, 11) is 0. The normalized spacial score (nSPS) is 23.6. The highest BCUT2D eigenvalue weighted by atomic mass is 19.4. The Hall–Kier alpha value is -1.53. The molecular formula is C16H24F3N3O. The second-order valence-corrected chi connectivity index (χ2v) is 6.56. The van der Waals surface area contributed by atoms with Gasteiger partial charge in [-0.25, -0.2) is 0 Å². The van der Waals surface area contributed by atoms with Gasteiger partial charge < -0.3 is 5.32 Å². The lowest BCUT2D eigenvalue weighted by Crippen LogP contribution is -2.47. The number of carbonyl (C=O) groups is 1. The predicted molar refractivity (Wildman–Crippen MR) is 81.0 cm³/mol. The average Bonchev–Trinajstić information content (AvgIpc) is 2.77. The predicted octanol–water partition coefficient (Wildman–Crippen LogP) is 3.76. The molecule has 1 heterocycles. The molecular weight excluding hydrogens is 307 g/mol. The topological polar surface area (TPSA) is 57.8 Å². The van der Waals surface area contributed by atoms with Gasteiger partial charge in [-0.1, -0.05) is 19.8 Å². The number of aromatic nitrogens is 2. The van der Waals surface area contributed by atoms with Gasteiger partial charge in [0.15, 0.2) is 0 Å². The summed E-state index contributed by atoms with van der Waals surface area (Å²) in [5, 5.41) is 9.59. The maximum atomic E-state index is 13.1. The van der Waals surface area contributed by atoms with E-state index in [1.54, 1.807) is 0 Å². The summed E-state index contributed by atoms with van der Waals surface area (Å²) in [4.78, 5) is 12.2. The largest absolute Gasteiger partial charge is 0.393 e. The molecule has 3 atom stereocenters. The van der Waals surface area contributed by atoms with Crippen molar-refractivity contribution >= 4 is 5.91 Å². The van der Waals surface area contributed by atoms with Crippen LogP contribution in [0.5, 0.6) is 0 Å². The zero-order valence-electron chi connectivity index (χ0n) is 13.8. The number of hydrogen-bond donors (Lipinski definition) is 2. The molecule has 1 saturated carbocycles. The number of hydrogen-bond acceptors (Lipinski definition) is 2. The minimum Gasteiger partial charge on any atom is -0.353 e. The fraction of sp³-hybridized carbons (Fsp3) is 0.750. The number of rotatable bonds is 4. The standard InChI is InChI=1S/C16H24F3N3O/c1-9(15-10(2)21-22-11(15)3)8-14(23)20-13-7-5-4-6-12(13)16(17,18)19/h9,12-13H,4-8H2,1-3H3,(H,20,23)(H,21,22)/t9-,12+,13+/m1/s1. The third-order valence-corrected chi connectivity index (χ3v) is 4.70. The average molecular weight is 331 g/mol. The van der Waals surface area contributed by atoms with Crippen molar-refractivity contribution in [3.05, 3.63) is 17.0 Å². The van der Waals surface area contributed by atoms with Crippen LogP contribution in [0.15, 0.2) is 0 Å². The Morgan fingerprint density at radius 1 is 1.35 bits per heavy atom. The molecule has 1 amide bonds. The van der Waals surface area contributed by atoms with E-state index in [4.69, 9.17) is 0 Å². The van der Waals surface area contributed by atoms with Gasteiger partial charge in [0.25, 0.3) is 0 Å². The lowest BCUT2D eigenvalue weighted by molar-refractivity contribution is -0.189. The molecule has 1 aliphatic rings. The number of nitrogens with one attached hydrogen (secondary N) is 2. The second kappa shape index (κ2) is 6.93. The van der Waals surface area contributed by atoms with Gasteiger partial charge in [0.05, 0.1) is 11.6 Å². The first-order chi connectivity index (χ1) is 10.7. The van der Waals surface area contributed by atoms with Crippen molar-refractivity contribution in [2.75, 3.05) is 0 Å². The van der Waals surface area contributed by atoms with Crippen LogP contribution in [0.2, 0.25) is 0 Å². The van der Waals surface area contributed by atoms with E-state index in [1.165, 1.54) is 0 Å². The highest BCUT2D eigenvalue weighted by molar-refractivity contribution is 5.77. The first-order valence-electron chi connectivity index (χ1n) is 8.07. The van der Waals surface area contributed by atoms with Crippen molar-refractivity contribution < 1.29 is 18.0 Å². The number of halogens is 3. The van der Waals surface area contributed by atoms with E-state index in [0.717, 1.165) is 23.4 Å². The van der Waals surface area contributed by atoms with Crippen molar-refractivity contribution in [3.8, 4) is 0 Å². The van der Waals surface area contributed by atoms with Crippen LogP contribution in [0.25, 0.3) is 0 Å². The molecule has 130 valence electrons. The Kier molecular flexibility index (Phi) is 5.37. The number of H-pyrrole nitrogens is 1. The Bertz CT molecular complexity index is 534. The summed E-state index contributed by atoms with van der Waals surface area (Å²) in [5.41, 5.74) is 2.69. The molecule has 0 aromatic carbocycles. The molecule has 0 bridgehead atoms. The number of alkyl halides is 3. The molecule has 0 saturated heterocycles. The zero-order valence-corrected chi connectivity index (χ0v) is 13.8. The van der Waals surface area contributed by atoms with Gasteiger partial charge in [-0.3, -0.25) is 9.89 Å². The summed E-state index contributed by atoms with van der Waals surface area (Å²) in [5.74, 6) is -1.83. The SMILES string of the molecule is Cc1n[nH]c(C)c1[C@H](C)CC(=O)N[C@H]1CCCC[C@@H]1C(F)(F)F. The summed E-state index contributed by atoms with van der Waals surface area (Å²) < 4.78 is 39.2. The summed E-state index contributed by atoms with van der Waals surface area (Å²) in [6.45, 7) is 5.63. The highest BCUT2D eigenvalue weighted by Gasteiger charge is 2.45. The minimum atomic E-state index is -4.25. The fourth-order valence-corrected chi connectivity index (χ4v) is 3.63. The molecule has 2 rings (SSSR count). The molecule has 0 spiro atoms. The number of amides is 1. The highest BCUT2D eigenvalue weighted by Crippen LogP contribution is 2.38. The van der Waals surface area contributed by atoms with E-state index in [0.29, 0.717) is 12.8 Å². The molecule has 1 aliphatic carbocycles. The Morgan fingerprint density at radius 2 is 2.00 bits per heavy atom. The van der Waals surface area contributed by atoms with Crippen LogP contribution in [0.4, 0.5) is 13.2 Å². The van der Waals surface area contributed by atoms with Gasteiger partial charge in [0, 0.05) is 18.2 Å². The van der Waals surface area contributed by atoms with E-state index in [2.05, 4.69) is 15.5 Å². The summed E-state index contributed by atoms with van der Waals surface area (Å²) in [6.07, 6.45) is -2.28. The second-order valence-electron chi connectivity index (χ2n) is 6.56. The number of aromatic amines is 1. The van der Waals surface area contributed by atoms with Gasteiger partial charge in [-0.15, -0.1) is 0 Å².